The van der Waals surface area contributed by atoms with Crippen LogP contribution in [0.5, 0.6) is 0 Å². The molecule has 0 spiro atoms. The summed E-state index contributed by atoms with van der Waals surface area (Å²) >= 11 is -1.85. The van der Waals surface area contributed by atoms with Gasteiger partial charge in [0, 0.05) is 0 Å². The summed E-state index contributed by atoms with van der Waals surface area (Å²) < 4.78 is 1.21. The molecule has 1 aromatic heterocycles. The third kappa shape index (κ3) is 1.67. The fraction of sp³-hybridized carbons (Fsp3) is 0.600. The van der Waals surface area contributed by atoms with E-state index >= 15 is 0 Å². The van der Waals surface area contributed by atoms with Crippen molar-refractivity contribution in [1.82, 2.24) is 15.4 Å². The summed E-state index contributed by atoms with van der Waals surface area (Å²) in [5, 5.41) is 10.4. The van der Waals surface area contributed by atoms with Crippen LogP contribution in [0.25, 0.3) is 0 Å². The number of hydrogen-bond acceptors (Lipinski definition) is 2. The van der Waals surface area contributed by atoms with E-state index in [4.69, 9.17) is 0 Å². The molecule has 0 fully saturated rings. The van der Waals surface area contributed by atoms with Gasteiger partial charge in [-0.15, -0.1) is 0 Å². The minimum absolute atomic E-state index is 1.21. The second-order valence-electron chi connectivity index (χ2n) is 3.11. The Morgan fingerprint density at radius 3 is 2.33 bits per heavy atom. The van der Waals surface area contributed by atoms with Crippen molar-refractivity contribution in [2.24, 2.45) is 0 Å². The van der Waals surface area contributed by atoms with E-state index in [-0.39, 0.29) is 0 Å². The van der Waals surface area contributed by atoms with E-state index in [0.717, 1.165) is 0 Å². The number of rotatable bonds is 1. The van der Waals surface area contributed by atoms with Crippen LogP contribution in [0.1, 0.15) is 0 Å². The summed E-state index contributed by atoms with van der Waals surface area (Å²) in [5.41, 5.74) is 0. The maximum atomic E-state index is 3.98. The molecule has 50 valence electrons. The second kappa shape index (κ2) is 2.28. The predicted molar refractivity (Wildman–Crippen MR) is 39.4 cm³/mol. The first kappa shape index (κ1) is 7.05. The number of nitrogens with zero attached hydrogens (tertiary/aromatic N) is 2. The molecule has 3 nitrogen and oxygen atoms in total. The van der Waals surface area contributed by atoms with Gasteiger partial charge in [0.15, 0.2) is 0 Å². The van der Waals surface area contributed by atoms with Crippen LogP contribution >= 0.6 is 0 Å². The number of hydrogen-bond donors (Lipinski definition) is 1. The molecule has 0 aromatic carbocycles. The first-order chi connectivity index (χ1) is 4.11. The van der Waals surface area contributed by atoms with Gasteiger partial charge in [-0.1, -0.05) is 0 Å². The van der Waals surface area contributed by atoms with Gasteiger partial charge < -0.3 is 0 Å². The van der Waals surface area contributed by atoms with Crippen LogP contribution in [-0.2, 0) is 0 Å². The Hall–Kier alpha value is -0.0613. The molecule has 1 N–H and O–H groups in total. The molecule has 0 atom stereocenters. The van der Waals surface area contributed by atoms with Gasteiger partial charge in [-0.3, -0.25) is 0 Å². The van der Waals surface area contributed by atoms with Gasteiger partial charge in [-0.05, 0) is 0 Å². The predicted octanol–water partition coefficient (Wildman–Crippen LogP) is 0.350. The molecule has 0 bridgehead atoms. The third-order valence-electron chi connectivity index (χ3n) is 1.19. The summed E-state index contributed by atoms with van der Waals surface area (Å²) in [6.45, 7) is 0. The standard InChI is InChI=1S/C2H2N3.3CH3.Sn/c1-2-4-5-3-1;;;;/h1H,(H,3,4,5);3*1H3;. The Kier molecular flexibility index (Phi) is 1.79. The Bertz CT molecular complexity index is 175. The zero-order valence-electron chi connectivity index (χ0n) is 5.97. The summed E-state index contributed by atoms with van der Waals surface area (Å²) in [5.74, 6) is 0. The number of aromatic nitrogens is 3. The first-order valence-electron chi connectivity index (χ1n) is 2.97. The van der Waals surface area contributed by atoms with E-state index in [1.54, 1.807) is 0 Å². The summed E-state index contributed by atoms with van der Waals surface area (Å²) in [4.78, 5) is 6.94. The summed E-state index contributed by atoms with van der Waals surface area (Å²) in [7, 11) is 0. The molecule has 9 heavy (non-hydrogen) atoms. The van der Waals surface area contributed by atoms with Crippen LogP contribution in [-0.4, -0.2) is 33.8 Å². The van der Waals surface area contributed by atoms with Crippen molar-refractivity contribution in [2.75, 3.05) is 0 Å². The molecule has 1 rings (SSSR count). The fourth-order valence-electron chi connectivity index (χ4n) is 0.568. The zero-order valence-corrected chi connectivity index (χ0v) is 8.83. The van der Waals surface area contributed by atoms with Gasteiger partial charge >= 0.3 is 58.5 Å². The van der Waals surface area contributed by atoms with E-state index < -0.39 is 18.4 Å². The van der Waals surface area contributed by atoms with Crippen molar-refractivity contribution >= 4 is 22.1 Å². The number of H-pyrrole nitrogens is 1. The Morgan fingerprint density at radius 2 is 2.11 bits per heavy atom. The molecule has 0 amide bonds. The Morgan fingerprint density at radius 1 is 1.44 bits per heavy atom. The normalized spacial score (nSPS) is 11.9. The van der Waals surface area contributed by atoms with Crippen LogP contribution in [0.4, 0.5) is 0 Å². The Labute approximate surface area is 58.7 Å². The van der Waals surface area contributed by atoms with Crippen molar-refractivity contribution in [3.63, 3.8) is 0 Å². The second-order valence-corrected chi connectivity index (χ2v) is 17.4. The first-order valence-corrected chi connectivity index (χ1v) is 13.0. The fourth-order valence-corrected chi connectivity index (χ4v) is 2.99. The molecule has 0 saturated carbocycles. The van der Waals surface area contributed by atoms with E-state index in [1.165, 1.54) is 3.71 Å². The maximum absolute atomic E-state index is 3.98. The third-order valence-corrected chi connectivity index (χ3v) is 6.27. The van der Waals surface area contributed by atoms with E-state index in [1.807, 2.05) is 6.20 Å². The molecule has 1 aromatic rings. The SMILES string of the molecule is [CH3][Sn]([CH3])([CH3])[c]1c[nH]nn1. The van der Waals surface area contributed by atoms with Crippen LogP contribution in [0, 0.1) is 0 Å². The average Bonchev–Trinajstić information content (AvgIpc) is 2.08. The summed E-state index contributed by atoms with van der Waals surface area (Å²) in [6, 6.07) is 0. The molecule has 0 aliphatic heterocycles. The monoisotopic (exact) mass is 233 g/mol. The zero-order chi connectivity index (χ0) is 6.91. The van der Waals surface area contributed by atoms with Gasteiger partial charge in [-0.2, -0.15) is 0 Å². The topological polar surface area (TPSA) is 41.6 Å². The molecule has 1 heterocycles. The molecule has 0 unspecified atom stereocenters. The molecule has 4 heteroatoms. The van der Waals surface area contributed by atoms with Gasteiger partial charge in [0.2, 0.25) is 0 Å². The molecule has 0 aliphatic rings. The van der Waals surface area contributed by atoms with E-state index in [2.05, 4.69) is 30.2 Å². The number of nitrogens with one attached hydrogen (secondary N) is 1. The van der Waals surface area contributed by atoms with Gasteiger partial charge in [0.05, 0.1) is 0 Å². The molecule has 0 aliphatic carbocycles. The Balaban J connectivity index is 2.90. The van der Waals surface area contributed by atoms with Gasteiger partial charge in [0.25, 0.3) is 0 Å². The molecular formula is C5H11N3Sn. The molecule has 0 radical (unpaired) electrons. The molecular weight excluding hydrogens is 221 g/mol. The summed E-state index contributed by atoms with van der Waals surface area (Å²) in [6.07, 6.45) is 1.91. The van der Waals surface area contributed by atoms with Crippen LogP contribution in [0.2, 0.25) is 14.8 Å². The van der Waals surface area contributed by atoms with Crippen molar-refractivity contribution < 1.29 is 0 Å². The van der Waals surface area contributed by atoms with Crippen molar-refractivity contribution in [1.29, 1.82) is 0 Å². The average molecular weight is 232 g/mol. The quantitative estimate of drug-likeness (QED) is 0.709. The van der Waals surface area contributed by atoms with Gasteiger partial charge in [-0.25, -0.2) is 0 Å². The van der Waals surface area contributed by atoms with Gasteiger partial charge in [0.1, 0.15) is 0 Å². The van der Waals surface area contributed by atoms with E-state index in [9.17, 15) is 0 Å². The van der Waals surface area contributed by atoms with Crippen LogP contribution < -0.4 is 3.71 Å². The van der Waals surface area contributed by atoms with Crippen LogP contribution in [0.3, 0.4) is 0 Å². The minimum atomic E-state index is -1.85. The molecule has 0 saturated heterocycles. The van der Waals surface area contributed by atoms with E-state index in [0.29, 0.717) is 0 Å². The van der Waals surface area contributed by atoms with Crippen molar-refractivity contribution in [3.05, 3.63) is 6.20 Å². The number of aromatic amines is 1. The van der Waals surface area contributed by atoms with Crippen LogP contribution in [0.15, 0.2) is 6.20 Å². The van der Waals surface area contributed by atoms with Crippen molar-refractivity contribution in [3.8, 4) is 0 Å². The van der Waals surface area contributed by atoms with Crippen molar-refractivity contribution in [2.45, 2.75) is 14.8 Å².